The third-order valence-electron chi connectivity index (χ3n) is 13.9. The average molecular weight is 655 g/mol. The normalized spacial score (nSPS) is 20.5. The number of furan rings is 2. The van der Waals surface area contributed by atoms with E-state index < -0.39 is 5.41 Å². The second-order valence-electron chi connectivity index (χ2n) is 18.1. The zero-order chi connectivity index (χ0) is 33.9. The molecule has 5 heterocycles. The lowest BCUT2D eigenvalue weighted by molar-refractivity contribution is 0.233. The topological polar surface area (TPSA) is 44.7 Å². The minimum atomic E-state index is -0.426. The lowest BCUT2D eigenvalue weighted by atomic mass is 9.29. The van der Waals surface area contributed by atoms with Crippen LogP contribution in [0, 0.1) is 0 Å². The van der Waals surface area contributed by atoms with Crippen LogP contribution in [-0.4, -0.2) is 6.71 Å². The molecule has 12 rings (SSSR count). The Kier molecular flexibility index (Phi) is 4.66. The van der Waals surface area contributed by atoms with E-state index in [0.29, 0.717) is 0 Å². The first-order chi connectivity index (χ1) is 23.9. The van der Waals surface area contributed by atoms with Gasteiger partial charge in [-0.2, -0.15) is 0 Å². The first kappa shape index (κ1) is 28.1. The van der Waals surface area contributed by atoms with Gasteiger partial charge in [-0.15, -0.1) is 0 Å². The van der Waals surface area contributed by atoms with Crippen molar-refractivity contribution in [2.24, 2.45) is 0 Å². The van der Waals surface area contributed by atoms with Gasteiger partial charge < -0.3 is 18.3 Å². The maximum absolute atomic E-state index is 7.45. The Labute approximate surface area is 291 Å². The van der Waals surface area contributed by atoms with E-state index in [1.165, 1.54) is 67.8 Å². The molecule has 7 aromatic rings. The van der Waals surface area contributed by atoms with Gasteiger partial charge >= 0.3 is 0 Å². The molecule has 5 heteroatoms. The zero-order valence-electron chi connectivity index (χ0n) is 29.8. The Hall–Kier alpha value is -4.64. The van der Waals surface area contributed by atoms with Gasteiger partial charge in [0.15, 0.2) is 0 Å². The number of rotatable bonds is 0. The number of benzene rings is 5. The minimum absolute atomic E-state index is 0.0371. The van der Waals surface area contributed by atoms with Crippen molar-refractivity contribution in [3.63, 3.8) is 0 Å². The molecule has 0 amide bonds. The molecule has 0 fully saturated rings. The Morgan fingerprint density at radius 3 is 1.44 bits per heavy atom. The van der Waals surface area contributed by atoms with Crippen LogP contribution in [0.5, 0.6) is 23.0 Å². The standard InChI is InChI=1S/C45H39BO4/c1-42(2)16-18-45(7)19-17-43(3,4)36-34(45)35(42)40-39-41(36)50-29-21-27-31(23-13-9-11-15-25(23)48-27)33-38(29)46(39)37-28(49-40)20-26-30(32(37)44(33,5)6)22-12-8-10-14-24(22)47-26/h8-15,20-21H,16-19H2,1-7H3. The summed E-state index contributed by atoms with van der Waals surface area (Å²) in [7, 11) is 0. The molecule has 246 valence electrons. The Balaban J connectivity index is 1.34. The molecule has 5 aromatic carbocycles. The van der Waals surface area contributed by atoms with Crippen LogP contribution in [0.25, 0.3) is 43.9 Å². The molecule has 0 atom stereocenters. The van der Waals surface area contributed by atoms with Crippen molar-refractivity contribution in [1.82, 2.24) is 0 Å². The minimum Gasteiger partial charge on any atom is -0.458 e. The van der Waals surface area contributed by atoms with Gasteiger partial charge in [0.2, 0.25) is 0 Å². The number of fused-ring (bicyclic) bond motifs is 10. The molecule has 5 aliphatic rings. The van der Waals surface area contributed by atoms with Crippen LogP contribution < -0.4 is 25.9 Å². The Bertz CT molecular complexity index is 2590. The maximum atomic E-state index is 7.45. The van der Waals surface area contributed by atoms with Gasteiger partial charge in [-0.3, -0.25) is 0 Å². The van der Waals surface area contributed by atoms with Crippen molar-refractivity contribution in [1.29, 1.82) is 0 Å². The highest BCUT2D eigenvalue weighted by molar-refractivity contribution is 6.99. The SMILES string of the molecule is CC1(C)CCC2(C)CCC(C)(C)c3c4c5c(c1c32)Oc1cc2oc3ccccc3c2c2c1B5c1c(cc3oc5ccccc5c3c1C2(C)C)O4. The van der Waals surface area contributed by atoms with E-state index in [2.05, 4.69) is 109 Å². The summed E-state index contributed by atoms with van der Waals surface area (Å²) in [6, 6.07) is 21.4. The van der Waals surface area contributed by atoms with E-state index in [-0.39, 0.29) is 23.0 Å². The summed E-state index contributed by atoms with van der Waals surface area (Å²) >= 11 is 0. The fourth-order valence-corrected chi connectivity index (χ4v) is 11.5. The van der Waals surface area contributed by atoms with Gasteiger partial charge in [-0.1, -0.05) is 84.9 Å². The summed E-state index contributed by atoms with van der Waals surface area (Å²) in [5.41, 5.74) is 13.8. The van der Waals surface area contributed by atoms with Gasteiger partial charge in [0.25, 0.3) is 6.71 Å². The summed E-state index contributed by atoms with van der Waals surface area (Å²) in [4.78, 5) is 0. The predicted octanol–water partition coefficient (Wildman–Crippen LogP) is 10.3. The quantitative estimate of drug-likeness (QED) is 0.153. The average Bonchev–Trinajstić information content (AvgIpc) is 3.63. The van der Waals surface area contributed by atoms with Gasteiger partial charge in [0.05, 0.1) is 0 Å². The molecule has 3 aliphatic heterocycles. The third-order valence-corrected chi connectivity index (χ3v) is 13.9. The van der Waals surface area contributed by atoms with Crippen LogP contribution in [-0.2, 0) is 21.7 Å². The molecule has 4 nitrogen and oxygen atoms in total. The number of ether oxygens (including phenoxy) is 2. The Morgan fingerprint density at radius 1 is 0.500 bits per heavy atom. The largest absolute Gasteiger partial charge is 0.458 e. The smallest absolute Gasteiger partial charge is 0.261 e. The summed E-state index contributed by atoms with van der Waals surface area (Å²) in [6.07, 6.45) is 4.61. The Morgan fingerprint density at radius 2 is 0.960 bits per heavy atom. The van der Waals surface area contributed by atoms with Gasteiger partial charge in [-0.05, 0) is 81.7 Å². The van der Waals surface area contributed by atoms with Crippen molar-refractivity contribution in [3.05, 3.63) is 88.5 Å². The van der Waals surface area contributed by atoms with Crippen molar-refractivity contribution in [2.75, 3.05) is 0 Å². The van der Waals surface area contributed by atoms with E-state index in [4.69, 9.17) is 18.3 Å². The summed E-state index contributed by atoms with van der Waals surface area (Å²) in [5.74, 6) is 3.90. The molecule has 0 unspecified atom stereocenters. The molecule has 2 aromatic heterocycles. The van der Waals surface area contributed by atoms with Crippen LogP contribution in [0.2, 0.25) is 0 Å². The number of hydrogen-bond donors (Lipinski definition) is 0. The molecule has 2 aliphatic carbocycles. The molecule has 0 radical (unpaired) electrons. The van der Waals surface area contributed by atoms with Crippen LogP contribution in [0.15, 0.2) is 69.5 Å². The molecular weight excluding hydrogens is 615 g/mol. The second kappa shape index (κ2) is 8.28. The summed E-state index contributed by atoms with van der Waals surface area (Å²) in [6.45, 7) is 17.0. The summed E-state index contributed by atoms with van der Waals surface area (Å²) in [5, 5.41) is 4.68. The number of hydrogen-bond acceptors (Lipinski definition) is 4. The molecule has 0 N–H and O–H groups in total. The predicted molar refractivity (Wildman–Crippen MR) is 203 cm³/mol. The lowest BCUT2D eigenvalue weighted by Crippen LogP contribution is -2.65. The fourth-order valence-electron chi connectivity index (χ4n) is 11.5. The van der Waals surface area contributed by atoms with Crippen molar-refractivity contribution < 1.29 is 18.3 Å². The van der Waals surface area contributed by atoms with Crippen LogP contribution in [0.4, 0.5) is 0 Å². The zero-order valence-corrected chi connectivity index (χ0v) is 29.8. The lowest BCUT2D eigenvalue weighted by Gasteiger charge is -2.54. The van der Waals surface area contributed by atoms with E-state index in [1.54, 1.807) is 0 Å². The van der Waals surface area contributed by atoms with E-state index >= 15 is 0 Å². The molecule has 0 saturated carbocycles. The van der Waals surface area contributed by atoms with E-state index in [1.807, 2.05) is 0 Å². The monoisotopic (exact) mass is 654 g/mol. The first-order valence-corrected chi connectivity index (χ1v) is 18.5. The second-order valence-corrected chi connectivity index (χ2v) is 18.1. The van der Waals surface area contributed by atoms with Gasteiger partial charge in [-0.25, -0.2) is 0 Å². The highest BCUT2D eigenvalue weighted by Crippen LogP contribution is 2.62. The molecular formula is C45H39BO4. The van der Waals surface area contributed by atoms with E-state index in [9.17, 15) is 0 Å². The summed E-state index contributed by atoms with van der Waals surface area (Å²) < 4.78 is 28.3. The third kappa shape index (κ3) is 2.99. The van der Waals surface area contributed by atoms with Crippen LogP contribution in [0.3, 0.4) is 0 Å². The van der Waals surface area contributed by atoms with Crippen LogP contribution in [0.1, 0.15) is 102 Å². The van der Waals surface area contributed by atoms with E-state index in [0.717, 1.165) is 68.9 Å². The highest BCUT2D eigenvalue weighted by atomic mass is 16.5. The van der Waals surface area contributed by atoms with Crippen molar-refractivity contribution >= 4 is 67.0 Å². The molecule has 50 heavy (non-hydrogen) atoms. The highest BCUT2D eigenvalue weighted by Gasteiger charge is 2.58. The van der Waals surface area contributed by atoms with Crippen LogP contribution >= 0.6 is 0 Å². The maximum Gasteiger partial charge on any atom is 0.261 e. The fraction of sp³-hybridized carbons (Fsp3) is 0.333. The van der Waals surface area contributed by atoms with Gasteiger partial charge in [0, 0.05) is 55.7 Å². The first-order valence-electron chi connectivity index (χ1n) is 18.5. The van der Waals surface area contributed by atoms with Crippen molar-refractivity contribution in [2.45, 2.75) is 95.8 Å². The molecule has 0 saturated heterocycles. The van der Waals surface area contributed by atoms with Gasteiger partial charge in [0.1, 0.15) is 45.3 Å². The van der Waals surface area contributed by atoms with Crippen molar-refractivity contribution in [3.8, 4) is 23.0 Å². The molecule has 0 spiro atoms. The molecule has 0 bridgehead atoms. The number of para-hydroxylation sites is 2.